The molecule has 0 N–H and O–H groups in total. The van der Waals surface area contributed by atoms with Gasteiger partial charge in [0, 0.05) is 0 Å². The molecule has 0 fully saturated rings. The SMILES string of the molecule is C[Se](C)=NC(F)(F)F. The fourth-order valence-electron chi connectivity index (χ4n) is 0.207. The number of alkyl halides is 3. The van der Waals surface area contributed by atoms with Crippen LogP contribution in [0.4, 0.5) is 13.2 Å². The van der Waals surface area contributed by atoms with Gasteiger partial charge in [0.15, 0.2) is 0 Å². The number of rotatable bonds is 0. The fraction of sp³-hybridized carbons (Fsp3) is 1.00. The average molecular weight is 192 g/mol. The van der Waals surface area contributed by atoms with Crippen LogP contribution in [-0.4, -0.2) is 20.0 Å². The van der Waals surface area contributed by atoms with Gasteiger partial charge < -0.3 is 0 Å². The van der Waals surface area contributed by atoms with Crippen LogP contribution in [0.2, 0.25) is 11.6 Å². The van der Waals surface area contributed by atoms with Crippen molar-refractivity contribution in [3.05, 3.63) is 0 Å². The van der Waals surface area contributed by atoms with E-state index < -0.39 is 20.0 Å². The summed E-state index contributed by atoms with van der Waals surface area (Å²) in [6.45, 7) is 0. The van der Waals surface area contributed by atoms with Crippen LogP contribution in [0.15, 0.2) is 3.96 Å². The number of halogens is 3. The Bertz CT molecular complexity index is 102. The van der Waals surface area contributed by atoms with Gasteiger partial charge in [0.1, 0.15) is 0 Å². The predicted octanol–water partition coefficient (Wildman–Crippen LogP) is 2.03. The third-order valence-corrected chi connectivity index (χ3v) is 1.49. The summed E-state index contributed by atoms with van der Waals surface area (Å²) < 4.78 is 36.0. The van der Waals surface area contributed by atoms with Crippen LogP contribution in [0.3, 0.4) is 0 Å². The molecule has 1 nitrogen and oxygen atoms in total. The van der Waals surface area contributed by atoms with Crippen molar-refractivity contribution < 1.29 is 13.2 Å². The molecule has 0 aliphatic rings. The summed E-state index contributed by atoms with van der Waals surface area (Å²) in [4.78, 5) is 0. The van der Waals surface area contributed by atoms with Crippen LogP contribution in [0.1, 0.15) is 0 Å². The molecule has 50 valence electrons. The first-order valence-electron chi connectivity index (χ1n) is 1.79. The molecule has 0 aliphatic carbocycles. The monoisotopic (exact) mass is 193 g/mol. The van der Waals surface area contributed by atoms with E-state index in [2.05, 4.69) is 3.96 Å². The summed E-state index contributed by atoms with van der Waals surface area (Å²) >= 11 is -1.68. The van der Waals surface area contributed by atoms with E-state index in [1.165, 1.54) is 11.6 Å². The minimum absolute atomic E-state index is 1.51. The van der Waals surface area contributed by atoms with Gasteiger partial charge in [-0.15, -0.1) is 0 Å². The Labute approximate surface area is 49.6 Å². The Kier molecular flexibility index (Phi) is 2.63. The van der Waals surface area contributed by atoms with Gasteiger partial charge in [-0.2, -0.15) is 0 Å². The van der Waals surface area contributed by atoms with Crippen LogP contribution >= 0.6 is 0 Å². The fourth-order valence-corrected chi connectivity index (χ4v) is 1.08. The van der Waals surface area contributed by atoms with Crippen molar-refractivity contribution >= 4 is 13.7 Å². The molecule has 0 bridgehead atoms. The van der Waals surface area contributed by atoms with Crippen LogP contribution in [0.5, 0.6) is 0 Å². The number of hydrogen-bond acceptors (Lipinski definition) is 1. The molecular formula is C3H6F3NSe. The van der Waals surface area contributed by atoms with Crippen LogP contribution in [-0.2, 0) is 0 Å². The van der Waals surface area contributed by atoms with Gasteiger partial charge in [0.25, 0.3) is 0 Å². The molecule has 0 spiro atoms. The summed E-state index contributed by atoms with van der Waals surface area (Å²) in [5.41, 5.74) is 0. The second-order valence-corrected chi connectivity index (χ2v) is 4.96. The zero-order chi connectivity index (χ0) is 6.78. The third-order valence-electron chi connectivity index (χ3n) is 0.286. The van der Waals surface area contributed by atoms with Gasteiger partial charge in [-0.25, -0.2) is 0 Å². The van der Waals surface area contributed by atoms with E-state index in [1.54, 1.807) is 0 Å². The van der Waals surface area contributed by atoms with Gasteiger partial charge >= 0.3 is 48.8 Å². The molecule has 5 heteroatoms. The Morgan fingerprint density at radius 2 is 1.62 bits per heavy atom. The van der Waals surface area contributed by atoms with Crippen LogP contribution in [0.25, 0.3) is 0 Å². The maximum absolute atomic E-state index is 11.2. The van der Waals surface area contributed by atoms with E-state index in [0.717, 1.165) is 0 Å². The quantitative estimate of drug-likeness (QED) is 0.411. The second-order valence-electron chi connectivity index (χ2n) is 1.33. The van der Waals surface area contributed by atoms with Gasteiger partial charge in [-0.05, 0) is 0 Å². The van der Waals surface area contributed by atoms with E-state index in [0.29, 0.717) is 0 Å². The molecular weight excluding hydrogens is 186 g/mol. The van der Waals surface area contributed by atoms with Crippen molar-refractivity contribution in [2.24, 2.45) is 3.96 Å². The zero-order valence-electron chi connectivity index (χ0n) is 4.49. The number of hydrogen-bond donors (Lipinski definition) is 0. The first kappa shape index (κ1) is 8.11. The summed E-state index contributed by atoms with van der Waals surface area (Å²) in [7, 11) is 0. The first-order valence-corrected chi connectivity index (χ1v) is 5.98. The molecule has 0 saturated carbocycles. The van der Waals surface area contributed by atoms with Crippen LogP contribution in [0, 0.1) is 0 Å². The van der Waals surface area contributed by atoms with Crippen molar-refractivity contribution in [3.8, 4) is 0 Å². The molecule has 0 aromatic rings. The van der Waals surface area contributed by atoms with E-state index in [4.69, 9.17) is 0 Å². The van der Waals surface area contributed by atoms with E-state index in [-0.39, 0.29) is 0 Å². The van der Waals surface area contributed by atoms with E-state index >= 15 is 0 Å². The normalized spacial score (nSPS) is 12.2. The summed E-state index contributed by atoms with van der Waals surface area (Å²) in [6.07, 6.45) is -4.30. The topological polar surface area (TPSA) is 12.4 Å². The van der Waals surface area contributed by atoms with Gasteiger partial charge in [0.2, 0.25) is 0 Å². The van der Waals surface area contributed by atoms with Crippen molar-refractivity contribution in [1.82, 2.24) is 0 Å². The van der Waals surface area contributed by atoms with E-state index in [1.807, 2.05) is 0 Å². The molecule has 0 saturated heterocycles. The zero-order valence-corrected chi connectivity index (χ0v) is 6.20. The summed E-state index contributed by atoms with van der Waals surface area (Å²) in [5, 5.41) is 0. The molecule has 0 radical (unpaired) electrons. The molecule has 0 atom stereocenters. The maximum atomic E-state index is 11.2. The molecule has 0 amide bonds. The van der Waals surface area contributed by atoms with Crippen LogP contribution < -0.4 is 0 Å². The predicted molar refractivity (Wildman–Crippen MR) is 26.0 cm³/mol. The summed E-state index contributed by atoms with van der Waals surface area (Å²) in [6, 6.07) is 0. The van der Waals surface area contributed by atoms with Crippen molar-refractivity contribution in [3.63, 3.8) is 0 Å². The molecule has 0 aliphatic heterocycles. The van der Waals surface area contributed by atoms with Gasteiger partial charge in [-0.3, -0.25) is 0 Å². The van der Waals surface area contributed by atoms with E-state index in [9.17, 15) is 13.2 Å². The average Bonchev–Trinajstić information content (AvgIpc) is 1.21. The molecule has 0 aromatic heterocycles. The Morgan fingerprint density at radius 3 is 1.62 bits per heavy atom. The molecule has 0 rings (SSSR count). The molecule has 0 heterocycles. The Balaban J connectivity index is 3.89. The molecule has 0 unspecified atom stereocenters. The molecule has 8 heavy (non-hydrogen) atoms. The Morgan fingerprint density at radius 1 is 1.25 bits per heavy atom. The first-order chi connectivity index (χ1) is 3.42. The molecule has 0 aromatic carbocycles. The van der Waals surface area contributed by atoms with Crippen molar-refractivity contribution in [1.29, 1.82) is 0 Å². The van der Waals surface area contributed by atoms with Gasteiger partial charge in [-0.1, -0.05) is 0 Å². The van der Waals surface area contributed by atoms with Gasteiger partial charge in [0.05, 0.1) is 0 Å². The summed E-state index contributed by atoms with van der Waals surface area (Å²) in [5.74, 6) is 3.01. The van der Waals surface area contributed by atoms with Crippen molar-refractivity contribution in [2.75, 3.05) is 0 Å². The number of nitrogens with zero attached hydrogens (tertiary/aromatic N) is 1. The third kappa shape index (κ3) is 6.11. The van der Waals surface area contributed by atoms with Crippen molar-refractivity contribution in [2.45, 2.75) is 17.9 Å². The minimum atomic E-state index is -4.30. The second kappa shape index (κ2) is 2.60. The standard InChI is InChI=1S/C3H6F3NSe/c1-8(2)7-3(4,5)6/h1-2H3. The Hall–Kier alpha value is 0.109.